The van der Waals surface area contributed by atoms with Crippen LogP contribution in [0, 0.1) is 11.8 Å². The lowest BCUT2D eigenvalue weighted by Gasteiger charge is -2.33. The lowest BCUT2D eigenvalue weighted by Crippen LogP contribution is -2.54. The van der Waals surface area contributed by atoms with Crippen molar-refractivity contribution in [2.75, 3.05) is 37.7 Å². The molecular formula is C24H33N3O5. The van der Waals surface area contributed by atoms with E-state index in [-0.39, 0.29) is 36.6 Å². The maximum absolute atomic E-state index is 13.1. The van der Waals surface area contributed by atoms with Crippen LogP contribution in [0.15, 0.2) is 18.2 Å². The summed E-state index contributed by atoms with van der Waals surface area (Å²) in [5, 5.41) is 3.00. The van der Waals surface area contributed by atoms with Crippen LogP contribution in [0.2, 0.25) is 0 Å². The molecule has 3 amide bonds. The Bertz CT molecular complexity index is 867. The fourth-order valence-electron chi connectivity index (χ4n) is 4.60. The minimum absolute atomic E-state index is 0.000385. The first-order chi connectivity index (χ1) is 15.5. The molecule has 0 saturated carbocycles. The van der Waals surface area contributed by atoms with E-state index in [9.17, 15) is 14.4 Å². The van der Waals surface area contributed by atoms with Gasteiger partial charge in [0.2, 0.25) is 17.7 Å². The molecule has 4 rings (SSSR count). The van der Waals surface area contributed by atoms with Crippen molar-refractivity contribution in [3.8, 4) is 11.5 Å². The van der Waals surface area contributed by atoms with Crippen LogP contribution in [-0.4, -0.2) is 61.5 Å². The van der Waals surface area contributed by atoms with Gasteiger partial charge in [-0.05, 0) is 37.3 Å². The highest BCUT2D eigenvalue weighted by atomic mass is 16.6. The third-order valence-electron chi connectivity index (χ3n) is 6.78. The van der Waals surface area contributed by atoms with E-state index in [0.717, 1.165) is 38.8 Å². The van der Waals surface area contributed by atoms with Crippen molar-refractivity contribution in [1.82, 2.24) is 10.2 Å². The van der Waals surface area contributed by atoms with Gasteiger partial charge in [-0.3, -0.25) is 14.4 Å². The third kappa shape index (κ3) is 4.69. The van der Waals surface area contributed by atoms with Crippen molar-refractivity contribution in [2.24, 2.45) is 11.8 Å². The molecule has 0 radical (unpaired) electrons. The summed E-state index contributed by atoms with van der Waals surface area (Å²) in [6.07, 6.45) is 4.08. The summed E-state index contributed by atoms with van der Waals surface area (Å²) in [7, 11) is 0. The zero-order chi connectivity index (χ0) is 22.7. The van der Waals surface area contributed by atoms with E-state index in [0.29, 0.717) is 30.4 Å². The molecule has 1 aromatic rings. The number of fused-ring (bicyclic) bond motifs is 1. The Kier molecular flexibility index (Phi) is 6.86. The molecule has 8 nitrogen and oxygen atoms in total. The number of carbonyl (C=O) groups excluding carboxylic acids is 3. The van der Waals surface area contributed by atoms with E-state index in [1.807, 2.05) is 24.8 Å². The molecule has 0 aromatic heterocycles. The van der Waals surface area contributed by atoms with Gasteiger partial charge in [-0.1, -0.05) is 20.3 Å². The third-order valence-corrected chi connectivity index (χ3v) is 6.78. The number of hydrogen-bond acceptors (Lipinski definition) is 5. The summed E-state index contributed by atoms with van der Waals surface area (Å²) >= 11 is 0. The van der Waals surface area contributed by atoms with Gasteiger partial charge >= 0.3 is 0 Å². The number of hydrogen-bond donors (Lipinski definition) is 1. The number of benzene rings is 1. The molecule has 0 aliphatic carbocycles. The minimum Gasteiger partial charge on any atom is -0.486 e. The van der Waals surface area contributed by atoms with Crippen molar-refractivity contribution in [3.05, 3.63) is 18.2 Å². The highest BCUT2D eigenvalue weighted by Gasteiger charge is 2.38. The molecule has 1 N–H and O–H groups in total. The smallest absolute Gasteiger partial charge is 0.245 e. The Hall–Kier alpha value is -2.77. The zero-order valence-electron chi connectivity index (χ0n) is 19.0. The Morgan fingerprint density at radius 2 is 1.84 bits per heavy atom. The quantitative estimate of drug-likeness (QED) is 0.729. The molecule has 3 aliphatic heterocycles. The number of amides is 3. The summed E-state index contributed by atoms with van der Waals surface area (Å²) in [6.45, 7) is 6.78. The molecule has 3 atom stereocenters. The van der Waals surface area contributed by atoms with Gasteiger partial charge < -0.3 is 24.6 Å². The summed E-state index contributed by atoms with van der Waals surface area (Å²) in [5.41, 5.74) is 0.692. The molecule has 2 saturated heterocycles. The van der Waals surface area contributed by atoms with Crippen LogP contribution in [0.25, 0.3) is 0 Å². The van der Waals surface area contributed by atoms with E-state index in [2.05, 4.69) is 5.32 Å². The highest BCUT2D eigenvalue weighted by molar-refractivity contribution is 6.01. The van der Waals surface area contributed by atoms with Crippen LogP contribution >= 0.6 is 0 Å². The Balaban J connectivity index is 1.43. The van der Waals surface area contributed by atoms with Gasteiger partial charge in [0.15, 0.2) is 11.5 Å². The summed E-state index contributed by atoms with van der Waals surface area (Å²) < 4.78 is 11.2. The molecule has 2 fully saturated rings. The van der Waals surface area contributed by atoms with Crippen molar-refractivity contribution < 1.29 is 23.9 Å². The molecule has 3 aliphatic rings. The molecular weight excluding hydrogens is 410 g/mol. The van der Waals surface area contributed by atoms with Gasteiger partial charge in [0.05, 0.1) is 5.92 Å². The highest BCUT2D eigenvalue weighted by Crippen LogP contribution is 2.36. The number of carbonyl (C=O) groups is 3. The van der Waals surface area contributed by atoms with E-state index < -0.39 is 12.0 Å². The Morgan fingerprint density at radius 1 is 1.12 bits per heavy atom. The summed E-state index contributed by atoms with van der Waals surface area (Å²) in [6, 6.07) is 4.84. The number of nitrogens with zero attached hydrogens (tertiary/aromatic N) is 2. The van der Waals surface area contributed by atoms with Crippen molar-refractivity contribution in [2.45, 2.75) is 52.0 Å². The predicted octanol–water partition coefficient (Wildman–Crippen LogP) is 2.35. The average Bonchev–Trinajstić information content (AvgIpc) is 3.23. The normalized spacial score (nSPS) is 22.4. The Labute approximate surface area is 189 Å². The van der Waals surface area contributed by atoms with Crippen molar-refractivity contribution >= 4 is 23.4 Å². The number of rotatable bonds is 6. The number of piperidine rings is 1. The number of nitrogens with one attached hydrogen (secondary N) is 1. The number of anilines is 1. The average molecular weight is 444 g/mol. The first-order valence-corrected chi connectivity index (χ1v) is 11.8. The molecule has 32 heavy (non-hydrogen) atoms. The fraction of sp³-hybridized carbons (Fsp3) is 0.625. The lowest BCUT2D eigenvalue weighted by molar-refractivity contribution is -0.139. The van der Waals surface area contributed by atoms with Gasteiger partial charge in [0.1, 0.15) is 19.3 Å². The fourth-order valence-corrected chi connectivity index (χ4v) is 4.60. The number of likely N-dealkylation sites (tertiary alicyclic amines) is 1. The van der Waals surface area contributed by atoms with Gasteiger partial charge in [0.25, 0.3) is 0 Å². The number of ether oxygens (including phenoxy) is 2. The molecule has 1 aromatic carbocycles. The second-order valence-electron chi connectivity index (χ2n) is 8.99. The molecule has 0 spiro atoms. The van der Waals surface area contributed by atoms with E-state index >= 15 is 0 Å². The van der Waals surface area contributed by atoms with Gasteiger partial charge in [0, 0.05) is 37.8 Å². The van der Waals surface area contributed by atoms with Crippen LogP contribution in [0.4, 0.5) is 5.69 Å². The van der Waals surface area contributed by atoms with Crippen LogP contribution in [0.5, 0.6) is 11.5 Å². The standard InChI is InChI=1S/C24H33N3O5/c1-3-16(2)22(24(30)26-9-5-4-6-10-26)25-23(29)17-13-21(28)27(15-17)18-7-8-19-20(14-18)32-12-11-31-19/h7-8,14,16-17,22H,3-6,9-13,15H2,1-2H3,(H,25,29)/t16-,17-,22+/m1/s1. The van der Waals surface area contributed by atoms with Crippen LogP contribution in [0.3, 0.4) is 0 Å². The maximum atomic E-state index is 13.1. The van der Waals surface area contributed by atoms with Crippen LogP contribution in [0.1, 0.15) is 46.0 Å². The van der Waals surface area contributed by atoms with Crippen LogP contribution < -0.4 is 19.7 Å². The second-order valence-corrected chi connectivity index (χ2v) is 8.99. The van der Waals surface area contributed by atoms with Crippen molar-refractivity contribution in [3.63, 3.8) is 0 Å². The van der Waals surface area contributed by atoms with Crippen molar-refractivity contribution in [1.29, 1.82) is 0 Å². The zero-order valence-corrected chi connectivity index (χ0v) is 19.0. The largest absolute Gasteiger partial charge is 0.486 e. The molecule has 0 unspecified atom stereocenters. The van der Waals surface area contributed by atoms with Crippen LogP contribution in [-0.2, 0) is 14.4 Å². The van der Waals surface area contributed by atoms with Gasteiger partial charge in [-0.15, -0.1) is 0 Å². The SMILES string of the molecule is CC[C@@H](C)[C@H](NC(=O)[C@@H]1CC(=O)N(c2ccc3c(c2)OCCO3)C1)C(=O)N1CCCCC1. The minimum atomic E-state index is -0.552. The molecule has 174 valence electrons. The van der Waals surface area contributed by atoms with E-state index in [4.69, 9.17) is 9.47 Å². The Morgan fingerprint density at radius 3 is 2.56 bits per heavy atom. The maximum Gasteiger partial charge on any atom is 0.245 e. The topological polar surface area (TPSA) is 88.2 Å². The van der Waals surface area contributed by atoms with E-state index in [1.165, 1.54) is 0 Å². The first kappa shape index (κ1) is 22.4. The van der Waals surface area contributed by atoms with Gasteiger partial charge in [-0.2, -0.15) is 0 Å². The lowest BCUT2D eigenvalue weighted by atomic mass is 9.95. The molecule has 0 bridgehead atoms. The van der Waals surface area contributed by atoms with Gasteiger partial charge in [-0.25, -0.2) is 0 Å². The predicted molar refractivity (Wildman–Crippen MR) is 120 cm³/mol. The first-order valence-electron chi connectivity index (χ1n) is 11.8. The van der Waals surface area contributed by atoms with E-state index in [1.54, 1.807) is 17.0 Å². The second kappa shape index (κ2) is 9.79. The summed E-state index contributed by atoms with van der Waals surface area (Å²) in [4.78, 5) is 42.5. The molecule has 8 heteroatoms. The summed E-state index contributed by atoms with van der Waals surface area (Å²) in [5.74, 6) is 0.474. The monoisotopic (exact) mass is 443 g/mol. The molecule has 3 heterocycles.